The van der Waals surface area contributed by atoms with Crippen LogP contribution in [0.4, 0.5) is 4.79 Å². The van der Waals surface area contributed by atoms with E-state index in [4.69, 9.17) is 20.7 Å². The highest BCUT2D eigenvalue weighted by Gasteiger charge is 2.14. The molecular formula is C5H11N3O5. The van der Waals surface area contributed by atoms with E-state index >= 15 is 0 Å². The van der Waals surface area contributed by atoms with Crippen molar-refractivity contribution >= 4 is 18.0 Å². The number of primary amides is 2. The molecule has 0 rings (SSSR count). The largest absolute Gasteiger partial charge is 0.481 e. The molecule has 2 amide bonds. The molecule has 0 bridgehead atoms. The Bertz CT molecular complexity index is 200. The first kappa shape index (κ1) is 13.7. The Balaban J connectivity index is 0. The number of amides is 2. The van der Waals surface area contributed by atoms with Gasteiger partial charge in [0.2, 0.25) is 0 Å². The van der Waals surface area contributed by atoms with Crippen molar-refractivity contribution in [1.29, 1.82) is 0 Å². The number of rotatable bonds is 3. The molecule has 0 aromatic heterocycles. The van der Waals surface area contributed by atoms with Gasteiger partial charge in [-0.25, -0.2) is 4.79 Å². The summed E-state index contributed by atoms with van der Waals surface area (Å²) in [5.74, 6) is -2.50. The minimum atomic E-state index is -1.29. The summed E-state index contributed by atoms with van der Waals surface area (Å²) in [5, 5.41) is 16.0. The lowest BCUT2D eigenvalue weighted by Gasteiger charge is -1.99. The van der Waals surface area contributed by atoms with Gasteiger partial charge in [-0.3, -0.25) is 9.59 Å². The van der Waals surface area contributed by atoms with Crippen molar-refractivity contribution in [3.05, 3.63) is 0 Å². The highest BCUT2D eigenvalue weighted by Crippen LogP contribution is 1.86. The molecule has 8 nitrogen and oxygen atoms in total. The number of carbonyl (C=O) groups is 3. The molecule has 0 saturated carbocycles. The molecule has 0 aliphatic carbocycles. The predicted molar refractivity (Wildman–Crippen MR) is 41.6 cm³/mol. The molecule has 0 radical (unpaired) electrons. The first-order chi connectivity index (χ1) is 5.77. The van der Waals surface area contributed by atoms with Crippen LogP contribution in [0.1, 0.15) is 6.42 Å². The van der Waals surface area contributed by atoms with Gasteiger partial charge in [-0.2, -0.15) is 0 Å². The SMILES string of the molecule is NC(CC(=O)O)C(=O)O.NC(N)=O. The van der Waals surface area contributed by atoms with Gasteiger partial charge in [0.25, 0.3) is 0 Å². The van der Waals surface area contributed by atoms with Crippen LogP contribution in [-0.4, -0.2) is 34.2 Å². The Kier molecular flexibility index (Phi) is 7.24. The van der Waals surface area contributed by atoms with Crippen LogP contribution in [-0.2, 0) is 9.59 Å². The Morgan fingerprint density at radius 2 is 1.46 bits per heavy atom. The van der Waals surface area contributed by atoms with Gasteiger partial charge in [0.1, 0.15) is 6.04 Å². The minimum absolute atomic E-state index is 0.532. The number of urea groups is 1. The van der Waals surface area contributed by atoms with Crippen molar-refractivity contribution in [2.24, 2.45) is 17.2 Å². The number of aliphatic carboxylic acids is 2. The summed E-state index contributed by atoms with van der Waals surface area (Å²) >= 11 is 0. The van der Waals surface area contributed by atoms with Crippen LogP contribution in [0.15, 0.2) is 0 Å². The standard InChI is InChI=1S/C4H7NO4.CH4N2O/c5-2(4(8)9)1-3(6)7;2-1(3)4/h2H,1,5H2,(H,6,7)(H,8,9);(H4,2,3,4). The number of carbonyl (C=O) groups excluding carboxylic acids is 1. The molecule has 0 fully saturated rings. The van der Waals surface area contributed by atoms with Crippen molar-refractivity contribution in [3.8, 4) is 0 Å². The highest BCUT2D eigenvalue weighted by molar-refractivity contribution is 5.80. The van der Waals surface area contributed by atoms with Crippen LogP contribution in [0.25, 0.3) is 0 Å². The zero-order chi connectivity index (χ0) is 11.0. The molecule has 0 saturated heterocycles. The number of carboxylic acids is 2. The van der Waals surface area contributed by atoms with Gasteiger partial charge in [-0.1, -0.05) is 0 Å². The van der Waals surface area contributed by atoms with Gasteiger partial charge in [-0.05, 0) is 0 Å². The molecule has 0 heterocycles. The van der Waals surface area contributed by atoms with E-state index in [1.807, 2.05) is 0 Å². The maximum absolute atomic E-state index is 9.85. The first-order valence-corrected chi connectivity index (χ1v) is 3.02. The predicted octanol–water partition coefficient (Wildman–Crippen LogP) is -2.10. The van der Waals surface area contributed by atoms with E-state index in [2.05, 4.69) is 11.5 Å². The summed E-state index contributed by atoms with van der Waals surface area (Å²) in [7, 11) is 0. The van der Waals surface area contributed by atoms with E-state index in [1.165, 1.54) is 0 Å². The average molecular weight is 193 g/mol. The van der Waals surface area contributed by atoms with Gasteiger partial charge >= 0.3 is 18.0 Å². The van der Waals surface area contributed by atoms with Crippen LogP contribution in [0, 0.1) is 0 Å². The maximum Gasteiger partial charge on any atom is 0.321 e. The smallest absolute Gasteiger partial charge is 0.321 e. The molecule has 0 aromatic rings. The second-order valence-electron chi connectivity index (χ2n) is 1.94. The van der Waals surface area contributed by atoms with E-state index < -0.39 is 30.4 Å². The van der Waals surface area contributed by atoms with E-state index in [0.717, 1.165) is 0 Å². The fourth-order valence-electron chi connectivity index (χ4n) is 0.275. The molecular weight excluding hydrogens is 182 g/mol. The molecule has 1 unspecified atom stereocenters. The van der Waals surface area contributed by atoms with Gasteiger partial charge in [0, 0.05) is 0 Å². The number of carboxylic acid groups (broad SMARTS) is 2. The Hall–Kier alpha value is -1.83. The van der Waals surface area contributed by atoms with Crippen molar-refractivity contribution in [2.75, 3.05) is 0 Å². The van der Waals surface area contributed by atoms with Crippen LogP contribution >= 0.6 is 0 Å². The van der Waals surface area contributed by atoms with Crippen LogP contribution in [0.3, 0.4) is 0 Å². The van der Waals surface area contributed by atoms with E-state index in [9.17, 15) is 9.59 Å². The van der Waals surface area contributed by atoms with Crippen LogP contribution in [0.5, 0.6) is 0 Å². The number of nitrogens with two attached hydrogens (primary N) is 3. The molecule has 1 atom stereocenters. The summed E-state index contributed by atoms with van der Waals surface area (Å²) in [6.07, 6.45) is -0.532. The van der Waals surface area contributed by atoms with Gasteiger partial charge in [0.15, 0.2) is 0 Å². The minimum Gasteiger partial charge on any atom is -0.481 e. The fourth-order valence-corrected chi connectivity index (χ4v) is 0.275. The molecule has 0 aliphatic rings. The summed E-state index contributed by atoms with van der Waals surface area (Å²) < 4.78 is 0. The Labute approximate surface area is 73.3 Å². The molecule has 8 N–H and O–H groups in total. The zero-order valence-corrected chi connectivity index (χ0v) is 6.64. The molecule has 0 aromatic carbocycles. The normalized spacial score (nSPS) is 10.5. The maximum atomic E-state index is 9.85. The van der Waals surface area contributed by atoms with E-state index in [0.29, 0.717) is 0 Å². The van der Waals surface area contributed by atoms with Crippen molar-refractivity contribution < 1.29 is 24.6 Å². The molecule has 13 heavy (non-hydrogen) atoms. The number of hydrogen-bond donors (Lipinski definition) is 5. The van der Waals surface area contributed by atoms with Gasteiger partial charge < -0.3 is 27.4 Å². The fraction of sp³-hybridized carbons (Fsp3) is 0.400. The van der Waals surface area contributed by atoms with Gasteiger partial charge in [-0.15, -0.1) is 0 Å². The Morgan fingerprint density at radius 3 is 1.54 bits per heavy atom. The summed E-state index contributed by atoms with van der Waals surface area (Å²) in [6, 6.07) is -2.12. The summed E-state index contributed by atoms with van der Waals surface area (Å²) in [5.41, 5.74) is 13.3. The topological polar surface area (TPSA) is 170 Å². The lowest BCUT2D eigenvalue weighted by atomic mass is 10.2. The summed E-state index contributed by atoms with van der Waals surface area (Å²) in [6.45, 7) is 0. The van der Waals surface area contributed by atoms with Crippen molar-refractivity contribution in [2.45, 2.75) is 12.5 Å². The monoisotopic (exact) mass is 193 g/mol. The van der Waals surface area contributed by atoms with Gasteiger partial charge in [0.05, 0.1) is 6.42 Å². The molecule has 0 aliphatic heterocycles. The third-order valence-corrected chi connectivity index (χ3v) is 0.712. The van der Waals surface area contributed by atoms with E-state index in [-0.39, 0.29) is 0 Å². The third-order valence-electron chi connectivity index (χ3n) is 0.712. The molecule has 8 heteroatoms. The van der Waals surface area contributed by atoms with Crippen LogP contribution < -0.4 is 17.2 Å². The molecule has 0 spiro atoms. The lowest BCUT2D eigenvalue weighted by molar-refractivity contribution is -0.144. The van der Waals surface area contributed by atoms with Crippen molar-refractivity contribution in [1.82, 2.24) is 0 Å². The lowest BCUT2D eigenvalue weighted by Crippen LogP contribution is -2.32. The van der Waals surface area contributed by atoms with E-state index in [1.54, 1.807) is 0 Å². The highest BCUT2D eigenvalue weighted by atomic mass is 16.4. The third kappa shape index (κ3) is 17.8. The first-order valence-electron chi connectivity index (χ1n) is 3.02. The second-order valence-corrected chi connectivity index (χ2v) is 1.94. The molecule has 76 valence electrons. The summed E-state index contributed by atoms with van der Waals surface area (Å²) in [4.78, 5) is 28.6. The second kappa shape index (κ2) is 6.85. The number of hydrogen-bond acceptors (Lipinski definition) is 4. The van der Waals surface area contributed by atoms with Crippen molar-refractivity contribution in [3.63, 3.8) is 0 Å². The average Bonchev–Trinajstić information content (AvgIpc) is 1.83. The Morgan fingerprint density at radius 1 is 1.15 bits per heavy atom. The zero-order valence-electron chi connectivity index (χ0n) is 6.64. The quantitative estimate of drug-likeness (QED) is 0.343. The van der Waals surface area contributed by atoms with Crippen LogP contribution in [0.2, 0.25) is 0 Å².